The van der Waals surface area contributed by atoms with Crippen LogP contribution in [-0.2, 0) is 4.74 Å². The first-order valence-corrected chi connectivity index (χ1v) is 5.04. The van der Waals surface area contributed by atoms with Crippen molar-refractivity contribution in [2.45, 2.75) is 52.2 Å². The molecule has 0 aliphatic heterocycles. The highest BCUT2D eigenvalue weighted by atomic mass is 16.6. The van der Waals surface area contributed by atoms with Crippen LogP contribution in [0.2, 0.25) is 0 Å². The number of ether oxygens (including phenoxy) is 1. The smallest absolute Gasteiger partial charge is 0.407 e. The fourth-order valence-corrected chi connectivity index (χ4v) is 1.00. The van der Waals surface area contributed by atoms with Crippen LogP contribution in [0.4, 0.5) is 4.79 Å². The number of hydrogen-bond acceptors (Lipinski definition) is 3. The van der Waals surface area contributed by atoms with E-state index in [0.717, 1.165) is 12.8 Å². The summed E-state index contributed by atoms with van der Waals surface area (Å²) in [6, 6.07) is 0.119. The second kappa shape index (κ2) is 5.86. The zero-order valence-electron chi connectivity index (χ0n) is 9.59. The van der Waals surface area contributed by atoms with Gasteiger partial charge in [-0.3, -0.25) is 0 Å². The lowest BCUT2D eigenvalue weighted by atomic mass is 10.2. The first-order valence-electron chi connectivity index (χ1n) is 5.04. The SMILES string of the molecule is C[C@H](CCCN)NC(=O)OC(C)(C)C. The molecule has 0 heterocycles. The summed E-state index contributed by atoms with van der Waals surface area (Å²) in [6.45, 7) is 8.13. The molecule has 0 aromatic heterocycles. The Morgan fingerprint density at radius 3 is 2.50 bits per heavy atom. The number of carbonyl (C=O) groups is 1. The molecule has 3 N–H and O–H groups in total. The van der Waals surface area contributed by atoms with E-state index in [-0.39, 0.29) is 12.1 Å². The summed E-state index contributed by atoms with van der Waals surface area (Å²) in [5.74, 6) is 0. The molecule has 0 aromatic carbocycles. The summed E-state index contributed by atoms with van der Waals surface area (Å²) >= 11 is 0. The average Bonchev–Trinajstić information content (AvgIpc) is 1.96. The molecule has 0 spiro atoms. The maximum Gasteiger partial charge on any atom is 0.407 e. The van der Waals surface area contributed by atoms with Gasteiger partial charge in [0.1, 0.15) is 5.60 Å². The maximum absolute atomic E-state index is 11.3. The molecule has 0 unspecified atom stereocenters. The molecule has 1 atom stereocenters. The summed E-state index contributed by atoms with van der Waals surface area (Å²) in [5.41, 5.74) is 4.93. The van der Waals surface area contributed by atoms with Crippen LogP contribution in [0.25, 0.3) is 0 Å². The summed E-state index contributed by atoms with van der Waals surface area (Å²) in [7, 11) is 0. The van der Waals surface area contributed by atoms with Gasteiger partial charge in [-0.25, -0.2) is 4.79 Å². The van der Waals surface area contributed by atoms with Gasteiger partial charge >= 0.3 is 6.09 Å². The van der Waals surface area contributed by atoms with Crippen LogP contribution in [-0.4, -0.2) is 24.3 Å². The second-order valence-corrected chi connectivity index (χ2v) is 4.48. The van der Waals surface area contributed by atoms with E-state index in [1.54, 1.807) is 0 Å². The van der Waals surface area contributed by atoms with Crippen LogP contribution in [0.15, 0.2) is 0 Å². The first-order chi connectivity index (χ1) is 6.35. The van der Waals surface area contributed by atoms with Crippen molar-refractivity contribution in [2.24, 2.45) is 5.73 Å². The van der Waals surface area contributed by atoms with Crippen molar-refractivity contribution < 1.29 is 9.53 Å². The Morgan fingerprint density at radius 2 is 2.07 bits per heavy atom. The monoisotopic (exact) mass is 202 g/mol. The quantitative estimate of drug-likeness (QED) is 0.728. The van der Waals surface area contributed by atoms with E-state index in [0.29, 0.717) is 6.54 Å². The van der Waals surface area contributed by atoms with Gasteiger partial charge in [0.25, 0.3) is 0 Å². The Bertz CT molecular complexity index is 175. The Balaban J connectivity index is 3.71. The summed E-state index contributed by atoms with van der Waals surface area (Å²) < 4.78 is 5.11. The minimum Gasteiger partial charge on any atom is -0.444 e. The third-order valence-electron chi connectivity index (χ3n) is 1.60. The van der Waals surface area contributed by atoms with Crippen molar-refractivity contribution in [1.82, 2.24) is 5.32 Å². The van der Waals surface area contributed by atoms with Crippen LogP contribution < -0.4 is 11.1 Å². The fourth-order valence-electron chi connectivity index (χ4n) is 1.00. The van der Waals surface area contributed by atoms with Gasteiger partial charge in [-0.2, -0.15) is 0 Å². The van der Waals surface area contributed by atoms with Crippen molar-refractivity contribution in [2.75, 3.05) is 6.54 Å². The highest BCUT2D eigenvalue weighted by Crippen LogP contribution is 2.07. The predicted octanol–water partition coefficient (Wildman–Crippen LogP) is 1.64. The van der Waals surface area contributed by atoms with E-state index in [1.807, 2.05) is 27.7 Å². The molecule has 4 nitrogen and oxygen atoms in total. The first kappa shape index (κ1) is 13.2. The van der Waals surface area contributed by atoms with Crippen LogP contribution in [0.5, 0.6) is 0 Å². The van der Waals surface area contributed by atoms with Crippen LogP contribution in [0.1, 0.15) is 40.5 Å². The summed E-state index contributed by atoms with van der Waals surface area (Å²) in [4.78, 5) is 11.3. The zero-order chi connectivity index (χ0) is 11.2. The van der Waals surface area contributed by atoms with E-state index in [1.165, 1.54) is 0 Å². The number of rotatable bonds is 4. The molecular formula is C10H22N2O2. The molecular weight excluding hydrogens is 180 g/mol. The number of nitrogens with one attached hydrogen (secondary N) is 1. The number of carbonyl (C=O) groups excluding carboxylic acids is 1. The van der Waals surface area contributed by atoms with Gasteiger partial charge in [0.2, 0.25) is 0 Å². The number of hydrogen-bond donors (Lipinski definition) is 2. The van der Waals surface area contributed by atoms with E-state index in [4.69, 9.17) is 10.5 Å². The summed E-state index contributed by atoms with van der Waals surface area (Å²) in [6.07, 6.45) is 1.44. The van der Waals surface area contributed by atoms with Gasteiger partial charge < -0.3 is 15.8 Å². The molecule has 0 aromatic rings. The Hall–Kier alpha value is -0.770. The minimum absolute atomic E-state index is 0.119. The number of alkyl carbamates (subject to hydrolysis) is 1. The highest BCUT2D eigenvalue weighted by Gasteiger charge is 2.17. The van der Waals surface area contributed by atoms with Gasteiger partial charge in [0.05, 0.1) is 0 Å². The molecule has 0 rings (SSSR count). The largest absolute Gasteiger partial charge is 0.444 e. The number of nitrogens with two attached hydrogens (primary N) is 1. The van der Waals surface area contributed by atoms with Crippen molar-refractivity contribution in [3.05, 3.63) is 0 Å². The maximum atomic E-state index is 11.3. The topological polar surface area (TPSA) is 64.3 Å². The molecule has 84 valence electrons. The van der Waals surface area contributed by atoms with E-state index in [9.17, 15) is 4.79 Å². The van der Waals surface area contributed by atoms with Gasteiger partial charge in [0, 0.05) is 6.04 Å². The fraction of sp³-hybridized carbons (Fsp3) is 0.900. The molecule has 0 aliphatic rings. The van der Waals surface area contributed by atoms with Gasteiger partial charge in [-0.15, -0.1) is 0 Å². The van der Waals surface area contributed by atoms with Crippen molar-refractivity contribution in [3.8, 4) is 0 Å². The van der Waals surface area contributed by atoms with Crippen molar-refractivity contribution in [3.63, 3.8) is 0 Å². The zero-order valence-corrected chi connectivity index (χ0v) is 9.59. The molecule has 4 heteroatoms. The average molecular weight is 202 g/mol. The van der Waals surface area contributed by atoms with E-state index in [2.05, 4.69) is 5.32 Å². The molecule has 14 heavy (non-hydrogen) atoms. The minimum atomic E-state index is -0.433. The normalized spacial score (nSPS) is 13.5. The van der Waals surface area contributed by atoms with E-state index >= 15 is 0 Å². The van der Waals surface area contributed by atoms with Gasteiger partial charge in [-0.05, 0) is 47.1 Å². The summed E-state index contributed by atoms with van der Waals surface area (Å²) in [5, 5.41) is 2.75. The predicted molar refractivity (Wildman–Crippen MR) is 57.1 cm³/mol. The third-order valence-corrected chi connectivity index (χ3v) is 1.60. The number of amides is 1. The van der Waals surface area contributed by atoms with Gasteiger partial charge in [-0.1, -0.05) is 0 Å². The second-order valence-electron chi connectivity index (χ2n) is 4.48. The lowest BCUT2D eigenvalue weighted by Crippen LogP contribution is -2.37. The molecule has 0 aliphatic carbocycles. The van der Waals surface area contributed by atoms with Crippen molar-refractivity contribution in [1.29, 1.82) is 0 Å². The Morgan fingerprint density at radius 1 is 1.50 bits per heavy atom. The molecule has 1 amide bonds. The Labute approximate surface area is 86.2 Å². The van der Waals surface area contributed by atoms with E-state index < -0.39 is 5.60 Å². The molecule has 0 saturated heterocycles. The van der Waals surface area contributed by atoms with Crippen LogP contribution >= 0.6 is 0 Å². The highest BCUT2D eigenvalue weighted by molar-refractivity contribution is 5.67. The lowest BCUT2D eigenvalue weighted by molar-refractivity contribution is 0.0506. The van der Waals surface area contributed by atoms with Crippen LogP contribution in [0.3, 0.4) is 0 Å². The van der Waals surface area contributed by atoms with Gasteiger partial charge in [0.15, 0.2) is 0 Å². The molecule has 0 saturated carbocycles. The standard InChI is InChI=1S/C10H22N2O2/c1-8(6-5-7-11)12-9(13)14-10(2,3)4/h8H,5-7,11H2,1-4H3,(H,12,13)/t8-/m1/s1. The lowest BCUT2D eigenvalue weighted by Gasteiger charge is -2.21. The third kappa shape index (κ3) is 7.86. The molecule has 0 fully saturated rings. The van der Waals surface area contributed by atoms with Crippen molar-refractivity contribution >= 4 is 6.09 Å². The molecule has 0 radical (unpaired) electrons. The molecule has 0 bridgehead atoms. The van der Waals surface area contributed by atoms with Crippen LogP contribution in [0, 0.1) is 0 Å². The Kier molecular flexibility index (Phi) is 5.53.